The van der Waals surface area contributed by atoms with E-state index >= 15 is 0 Å². The van der Waals surface area contributed by atoms with Crippen LogP contribution in [0.4, 0.5) is 0 Å². The highest BCUT2D eigenvalue weighted by molar-refractivity contribution is 7.99. The summed E-state index contributed by atoms with van der Waals surface area (Å²) in [7, 11) is 3.41. The molecule has 3 rings (SSSR count). The third-order valence-corrected chi connectivity index (χ3v) is 5.31. The van der Waals surface area contributed by atoms with Crippen LogP contribution in [-0.4, -0.2) is 43.2 Å². The molecule has 1 fully saturated rings. The van der Waals surface area contributed by atoms with Crippen molar-refractivity contribution in [1.82, 2.24) is 4.90 Å². The maximum Gasteiger partial charge on any atom is 0.161 e. The van der Waals surface area contributed by atoms with Crippen LogP contribution < -0.4 is 9.47 Å². The summed E-state index contributed by atoms with van der Waals surface area (Å²) in [6, 6.07) is 5.07. The van der Waals surface area contributed by atoms with Crippen molar-refractivity contribution in [3.8, 4) is 11.5 Å². The Bertz CT molecular complexity index is 458. The molecule has 1 aromatic rings. The summed E-state index contributed by atoms with van der Waals surface area (Å²) >= 11 is 2.08. The molecule has 104 valence electrons. The molecule has 4 heteroatoms. The Morgan fingerprint density at radius 2 is 1.89 bits per heavy atom. The van der Waals surface area contributed by atoms with E-state index in [0.717, 1.165) is 30.5 Å². The lowest BCUT2D eigenvalue weighted by molar-refractivity contribution is 0.194. The van der Waals surface area contributed by atoms with Crippen LogP contribution in [0.25, 0.3) is 0 Å². The summed E-state index contributed by atoms with van der Waals surface area (Å²) in [5.41, 5.74) is 2.82. The Hall–Kier alpha value is -0.870. The van der Waals surface area contributed by atoms with Gasteiger partial charge in [0, 0.05) is 24.9 Å². The molecular formula is C15H21NO2S. The van der Waals surface area contributed by atoms with Gasteiger partial charge in [-0.25, -0.2) is 0 Å². The Balaban J connectivity index is 1.83. The molecule has 0 aliphatic carbocycles. The Morgan fingerprint density at radius 1 is 1.16 bits per heavy atom. The van der Waals surface area contributed by atoms with Gasteiger partial charge in [-0.2, -0.15) is 11.8 Å². The van der Waals surface area contributed by atoms with E-state index in [1.165, 1.54) is 35.6 Å². The van der Waals surface area contributed by atoms with Gasteiger partial charge in [0.15, 0.2) is 11.5 Å². The third kappa shape index (κ3) is 2.56. The number of hydrogen-bond donors (Lipinski definition) is 0. The maximum absolute atomic E-state index is 5.42. The van der Waals surface area contributed by atoms with Gasteiger partial charge in [0.05, 0.1) is 14.2 Å². The van der Waals surface area contributed by atoms with Crippen LogP contribution >= 0.6 is 11.8 Å². The fourth-order valence-corrected chi connectivity index (χ4v) is 4.28. The lowest BCUT2D eigenvalue weighted by Crippen LogP contribution is -2.39. The van der Waals surface area contributed by atoms with E-state index in [-0.39, 0.29) is 0 Å². The van der Waals surface area contributed by atoms with Crippen molar-refractivity contribution in [1.29, 1.82) is 0 Å². The van der Waals surface area contributed by atoms with Gasteiger partial charge >= 0.3 is 0 Å². The van der Waals surface area contributed by atoms with E-state index in [1.807, 2.05) is 0 Å². The van der Waals surface area contributed by atoms with Crippen LogP contribution in [0.5, 0.6) is 11.5 Å². The molecule has 0 spiro atoms. The van der Waals surface area contributed by atoms with Gasteiger partial charge in [-0.15, -0.1) is 0 Å². The van der Waals surface area contributed by atoms with Crippen LogP contribution in [0.2, 0.25) is 0 Å². The first-order valence-corrected chi connectivity index (χ1v) is 8.03. The van der Waals surface area contributed by atoms with Crippen molar-refractivity contribution in [2.24, 2.45) is 0 Å². The number of methoxy groups -OCH3 is 2. The summed E-state index contributed by atoms with van der Waals surface area (Å²) in [5.74, 6) is 4.32. The van der Waals surface area contributed by atoms with E-state index in [4.69, 9.17) is 9.47 Å². The van der Waals surface area contributed by atoms with Gasteiger partial charge in [0.1, 0.15) is 0 Å². The number of ether oxygens (including phenoxy) is 2. The van der Waals surface area contributed by atoms with Crippen LogP contribution in [0, 0.1) is 0 Å². The molecule has 0 N–H and O–H groups in total. The number of fused-ring (bicyclic) bond motifs is 1. The zero-order valence-corrected chi connectivity index (χ0v) is 12.5. The second-order valence-corrected chi connectivity index (χ2v) is 6.36. The minimum atomic E-state index is 0.770. The van der Waals surface area contributed by atoms with Crippen molar-refractivity contribution in [2.45, 2.75) is 25.4 Å². The molecule has 0 radical (unpaired) electrons. The van der Waals surface area contributed by atoms with Gasteiger partial charge < -0.3 is 9.47 Å². The monoisotopic (exact) mass is 279 g/mol. The first-order valence-electron chi connectivity index (χ1n) is 6.87. The highest BCUT2D eigenvalue weighted by atomic mass is 32.2. The summed E-state index contributed by atoms with van der Waals surface area (Å²) in [5, 5.41) is 0. The van der Waals surface area contributed by atoms with Gasteiger partial charge in [-0.3, -0.25) is 4.90 Å². The standard InChI is InChI=1S/C15H21NO2S/c1-17-14-7-11-3-5-16(13-4-6-19-10-13)9-12(11)8-15(14)18-2/h7-8,13H,3-6,9-10H2,1-2H3/t13-/m1/s1. The summed E-state index contributed by atoms with van der Waals surface area (Å²) in [6.07, 6.45) is 2.46. The predicted octanol–water partition coefficient (Wildman–Crippen LogP) is 2.57. The molecule has 0 amide bonds. The van der Waals surface area contributed by atoms with Crippen molar-refractivity contribution >= 4 is 11.8 Å². The average molecular weight is 279 g/mol. The molecule has 1 aromatic carbocycles. The van der Waals surface area contributed by atoms with Crippen molar-refractivity contribution in [3.05, 3.63) is 23.3 Å². The molecule has 3 nitrogen and oxygen atoms in total. The summed E-state index contributed by atoms with van der Waals surface area (Å²) in [6.45, 7) is 2.23. The smallest absolute Gasteiger partial charge is 0.161 e. The molecule has 0 aromatic heterocycles. The molecular weight excluding hydrogens is 258 g/mol. The number of hydrogen-bond acceptors (Lipinski definition) is 4. The quantitative estimate of drug-likeness (QED) is 0.847. The fourth-order valence-electron chi connectivity index (χ4n) is 3.03. The SMILES string of the molecule is COc1cc2c(cc1OC)CN([C@@H]1CCSC1)CC2. The van der Waals surface area contributed by atoms with E-state index < -0.39 is 0 Å². The Kier molecular flexibility index (Phi) is 3.89. The summed E-state index contributed by atoms with van der Waals surface area (Å²) < 4.78 is 10.8. The third-order valence-electron chi connectivity index (χ3n) is 4.17. The number of thioether (sulfide) groups is 1. The number of nitrogens with zero attached hydrogens (tertiary/aromatic N) is 1. The Labute approximate surface area is 119 Å². The lowest BCUT2D eigenvalue weighted by atomic mass is 9.97. The predicted molar refractivity (Wildman–Crippen MR) is 79.4 cm³/mol. The molecule has 2 heterocycles. The summed E-state index contributed by atoms with van der Waals surface area (Å²) in [4.78, 5) is 2.63. The molecule has 0 unspecified atom stereocenters. The molecule has 1 atom stereocenters. The van der Waals surface area contributed by atoms with Gasteiger partial charge in [0.25, 0.3) is 0 Å². The lowest BCUT2D eigenvalue weighted by Gasteiger charge is -2.33. The number of benzene rings is 1. The second kappa shape index (κ2) is 5.63. The first-order chi connectivity index (χ1) is 9.31. The minimum Gasteiger partial charge on any atom is -0.493 e. The highest BCUT2D eigenvalue weighted by Crippen LogP contribution is 2.34. The topological polar surface area (TPSA) is 21.7 Å². The average Bonchev–Trinajstić information content (AvgIpc) is 2.99. The largest absolute Gasteiger partial charge is 0.493 e. The van der Waals surface area contributed by atoms with Crippen LogP contribution in [0.3, 0.4) is 0 Å². The molecule has 19 heavy (non-hydrogen) atoms. The van der Waals surface area contributed by atoms with E-state index in [1.54, 1.807) is 14.2 Å². The number of rotatable bonds is 3. The van der Waals surface area contributed by atoms with Crippen LogP contribution in [0.1, 0.15) is 17.5 Å². The van der Waals surface area contributed by atoms with E-state index in [0.29, 0.717) is 0 Å². The fraction of sp³-hybridized carbons (Fsp3) is 0.600. The molecule has 1 saturated heterocycles. The van der Waals surface area contributed by atoms with Gasteiger partial charge in [-0.05, 0) is 41.9 Å². The highest BCUT2D eigenvalue weighted by Gasteiger charge is 2.27. The maximum atomic E-state index is 5.42. The van der Waals surface area contributed by atoms with E-state index in [2.05, 4.69) is 28.8 Å². The second-order valence-electron chi connectivity index (χ2n) is 5.21. The van der Waals surface area contributed by atoms with Gasteiger partial charge in [-0.1, -0.05) is 0 Å². The van der Waals surface area contributed by atoms with Crippen molar-refractivity contribution in [2.75, 3.05) is 32.3 Å². The minimum absolute atomic E-state index is 0.770. The molecule has 2 aliphatic rings. The normalized spacial score (nSPS) is 23.2. The zero-order valence-electron chi connectivity index (χ0n) is 11.6. The Morgan fingerprint density at radius 3 is 2.53 bits per heavy atom. The molecule has 0 saturated carbocycles. The van der Waals surface area contributed by atoms with E-state index in [9.17, 15) is 0 Å². The van der Waals surface area contributed by atoms with Crippen LogP contribution in [-0.2, 0) is 13.0 Å². The molecule has 2 aliphatic heterocycles. The first kappa shape index (κ1) is 13.1. The van der Waals surface area contributed by atoms with Gasteiger partial charge in [0.2, 0.25) is 0 Å². The van der Waals surface area contributed by atoms with Crippen LogP contribution in [0.15, 0.2) is 12.1 Å². The van der Waals surface area contributed by atoms with Crippen molar-refractivity contribution < 1.29 is 9.47 Å². The molecule has 0 bridgehead atoms. The van der Waals surface area contributed by atoms with Crippen molar-refractivity contribution in [3.63, 3.8) is 0 Å². The zero-order chi connectivity index (χ0) is 13.2.